The van der Waals surface area contributed by atoms with Crippen molar-refractivity contribution in [1.82, 2.24) is 15.1 Å². The van der Waals surface area contributed by atoms with E-state index in [0.29, 0.717) is 30.1 Å². The molecule has 6 heteroatoms. The minimum absolute atomic E-state index is 0.369. The standard InChI is InChI=1S/C8H13F2N3O/c1-14-5-4-11-6-7-2-3-12-13(7)8(9)10/h2-3,8,11H,4-6H2,1H3. The van der Waals surface area contributed by atoms with Gasteiger partial charge in [-0.05, 0) is 6.07 Å². The maximum atomic E-state index is 12.3. The summed E-state index contributed by atoms with van der Waals surface area (Å²) in [5.41, 5.74) is 0.469. The first-order valence-corrected chi connectivity index (χ1v) is 4.26. The maximum absolute atomic E-state index is 12.3. The number of rotatable bonds is 6. The third kappa shape index (κ3) is 3.04. The lowest BCUT2D eigenvalue weighted by atomic mass is 10.4. The van der Waals surface area contributed by atoms with Crippen LogP contribution in [-0.4, -0.2) is 30.0 Å². The topological polar surface area (TPSA) is 39.1 Å². The van der Waals surface area contributed by atoms with Crippen molar-refractivity contribution >= 4 is 0 Å². The molecule has 1 aromatic rings. The second-order valence-corrected chi connectivity index (χ2v) is 2.71. The van der Waals surface area contributed by atoms with E-state index in [0.717, 1.165) is 0 Å². The molecule has 0 saturated heterocycles. The Hall–Kier alpha value is -1.01. The van der Waals surface area contributed by atoms with Crippen LogP contribution in [0.25, 0.3) is 0 Å². The molecule has 1 rings (SSSR count). The van der Waals surface area contributed by atoms with Gasteiger partial charge in [-0.15, -0.1) is 0 Å². The van der Waals surface area contributed by atoms with Crippen LogP contribution in [-0.2, 0) is 11.3 Å². The fraction of sp³-hybridized carbons (Fsp3) is 0.625. The minimum atomic E-state index is -2.58. The third-order valence-corrected chi connectivity index (χ3v) is 1.73. The smallest absolute Gasteiger partial charge is 0.333 e. The molecule has 0 fully saturated rings. The van der Waals surface area contributed by atoms with Crippen molar-refractivity contribution in [3.05, 3.63) is 18.0 Å². The lowest BCUT2D eigenvalue weighted by molar-refractivity contribution is 0.0530. The van der Waals surface area contributed by atoms with Crippen LogP contribution in [0.3, 0.4) is 0 Å². The van der Waals surface area contributed by atoms with Gasteiger partial charge < -0.3 is 10.1 Å². The minimum Gasteiger partial charge on any atom is -0.383 e. The SMILES string of the molecule is COCCNCc1ccnn1C(F)F. The average molecular weight is 205 g/mol. The number of methoxy groups -OCH3 is 1. The van der Waals surface area contributed by atoms with Gasteiger partial charge in [-0.1, -0.05) is 0 Å². The monoisotopic (exact) mass is 205 g/mol. The van der Waals surface area contributed by atoms with Crippen molar-refractivity contribution in [2.75, 3.05) is 20.3 Å². The molecule has 0 aliphatic rings. The Kier molecular flexibility index (Phi) is 4.48. The van der Waals surface area contributed by atoms with Crippen LogP contribution in [0.5, 0.6) is 0 Å². The van der Waals surface area contributed by atoms with Gasteiger partial charge in [0.25, 0.3) is 0 Å². The molecule has 1 N–H and O–H groups in total. The van der Waals surface area contributed by atoms with Crippen molar-refractivity contribution in [3.63, 3.8) is 0 Å². The molecule has 1 heterocycles. The number of nitrogens with zero attached hydrogens (tertiary/aromatic N) is 2. The van der Waals surface area contributed by atoms with Gasteiger partial charge in [-0.3, -0.25) is 0 Å². The molecule has 1 aromatic heterocycles. The molecule has 0 spiro atoms. The molecule has 80 valence electrons. The van der Waals surface area contributed by atoms with E-state index in [1.807, 2.05) is 0 Å². The number of alkyl halides is 2. The highest BCUT2D eigenvalue weighted by molar-refractivity contribution is 5.00. The highest BCUT2D eigenvalue weighted by atomic mass is 19.3. The van der Waals surface area contributed by atoms with Crippen molar-refractivity contribution < 1.29 is 13.5 Å². The van der Waals surface area contributed by atoms with Gasteiger partial charge in [-0.2, -0.15) is 13.9 Å². The van der Waals surface area contributed by atoms with Gasteiger partial charge in [0.2, 0.25) is 0 Å². The lowest BCUT2D eigenvalue weighted by Crippen LogP contribution is -2.21. The van der Waals surface area contributed by atoms with E-state index in [4.69, 9.17) is 4.74 Å². The van der Waals surface area contributed by atoms with E-state index in [9.17, 15) is 8.78 Å². The first-order valence-electron chi connectivity index (χ1n) is 4.26. The summed E-state index contributed by atoms with van der Waals surface area (Å²) in [5.74, 6) is 0. The summed E-state index contributed by atoms with van der Waals surface area (Å²) in [6, 6.07) is 1.56. The van der Waals surface area contributed by atoms with Crippen LogP contribution in [0.2, 0.25) is 0 Å². The quantitative estimate of drug-likeness (QED) is 0.704. The number of halogens is 2. The van der Waals surface area contributed by atoms with Crippen LogP contribution < -0.4 is 5.32 Å². The fourth-order valence-electron chi connectivity index (χ4n) is 1.05. The molecule has 0 radical (unpaired) electrons. The van der Waals surface area contributed by atoms with E-state index in [1.165, 1.54) is 6.20 Å². The molecule has 0 bridgehead atoms. The normalized spacial score (nSPS) is 11.1. The molecule has 14 heavy (non-hydrogen) atoms. The van der Waals surface area contributed by atoms with Crippen molar-refractivity contribution in [2.24, 2.45) is 0 Å². The van der Waals surface area contributed by atoms with Gasteiger partial charge in [-0.25, -0.2) is 4.68 Å². The summed E-state index contributed by atoms with van der Waals surface area (Å²) in [4.78, 5) is 0. The first kappa shape index (κ1) is 11.1. The van der Waals surface area contributed by atoms with E-state index in [2.05, 4.69) is 10.4 Å². The molecule has 0 amide bonds. The first-order chi connectivity index (χ1) is 6.75. The van der Waals surface area contributed by atoms with Gasteiger partial charge >= 0.3 is 6.55 Å². The van der Waals surface area contributed by atoms with Crippen molar-refractivity contribution in [3.8, 4) is 0 Å². The van der Waals surface area contributed by atoms with E-state index < -0.39 is 6.55 Å². The molecule has 0 aliphatic carbocycles. The van der Waals surface area contributed by atoms with Gasteiger partial charge in [0.05, 0.1) is 12.3 Å². The molecular formula is C8H13F2N3O. The van der Waals surface area contributed by atoms with Crippen LogP contribution in [0.1, 0.15) is 12.2 Å². The number of aromatic nitrogens is 2. The number of hydrogen-bond acceptors (Lipinski definition) is 3. The zero-order valence-electron chi connectivity index (χ0n) is 7.91. The van der Waals surface area contributed by atoms with Gasteiger partial charge in [0.1, 0.15) is 0 Å². The Morgan fingerprint density at radius 3 is 3.07 bits per heavy atom. The largest absolute Gasteiger partial charge is 0.383 e. The predicted octanol–water partition coefficient (Wildman–Crippen LogP) is 1.01. The number of hydrogen-bond donors (Lipinski definition) is 1. The summed E-state index contributed by atoms with van der Waals surface area (Å²) in [7, 11) is 1.59. The second-order valence-electron chi connectivity index (χ2n) is 2.71. The number of ether oxygens (including phenoxy) is 1. The van der Waals surface area contributed by atoms with Crippen molar-refractivity contribution in [1.29, 1.82) is 0 Å². The second kappa shape index (κ2) is 5.66. The van der Waals surface area contributed by atoms with Crippen LogP contribution in [0.4, 0.5) is 8.78 Å². The summed E-state index contributed by atoms with van der Waals surface area (Å²) in [5, 5.41) is 6.47. The number of nitrogens with one attached hydrogen (secondary N) is 1. The predicted molar refractivity (Wildman–Crippen MR) is 47.1 cm³/mol. The molecular weight excluding hydrogens is 192 g/mol. The van der Waals surface area contributed by atoms with E-state index in [-0.39, 0.29) is 0 Å². The summed E-state index contributed by atoms with van der Waals surface area (Å²) in [6.07, 6.45) is 1.36. The van der Waals surface area contributed by atoms with Gasteiger partial charge in [0, 0.05) is 26.4 Å². The van der Waals surface area contributed by atoms with Crippen molar-refractivity contribution in [2.45, 2.75) is 13.1 Å². The summed E-state index contributed by atoms with van der Waals surface area (Å²) < 4.78 is 30.1. The van der Waals surface area contributed by atoms with Gasteiger partial charge in [0.15, 0.2) is 0 Å². The zero-order valence-corrected chi connectivity index (χ0v) is 7.91. The van der Waals surface area contributed by atoms with Crippen LogP contribution in [0, 0.1) is 0 Å². The summed E-state index contributed by atoms with van der Waals surface area (Å²) in [6.45, 7) is -1.02. The van der Waals surface area contributed by atoms with Crippen LogP contribution >= 0.6 is 0 Å². The highest BCUT2D eigenvalue weighted by Gasteiger charge is 2.10. The Morgan fingerprint density at radius 2 is 2.43 bits per heavy atom. The Balaban J connectivity index is 2.38. The average Bonchev–Trinajstić information content (AvgIpc) is 2.60. The molecule has 0 aliphatic heterocycles. The molecule has 0 unspecified atom stereocenters. The Bertz CT molecular complexity index is 265. The van der Waals surface area contributed by atoms with E-state index in [1.54, 1.807) is 13.2 Å². The molecule has 0 aromatic carbocycles. The Labute approximate surface area is 80.9 Å². The summed E-state index contributed by atoms with van der Waals surface area (Å²) >= 11 is 0. The third-order valence-electron chi connectivity index (χ3n) is 1.73. The Morgan fingerprint density at radius 1 is 1.64 bits per heavy atom. The fourth-order valence-corrected chi connectivity index (χ4v) is 1.05. The highest BCUT2D eigenvalue weighted by Crippen LogP contribution is 2.11. The van der Waals surface area contributed by atoms with E-state index >= 15 is 0 Å². The maximum Gasteiger partial charge on any atom is 0.333 e. The van der Waals surface area contributed by atoms with Crippen LogP contribution in [0.15, 0.2) is 12.3 Å². The lowest BCUT2D eigenvalue weighted by Gasteiger charge is -2.06. The zero-order chi connectivity index (χ0) is 10.4. The molecule has 4 nitrogen and oxygen atoms in total. The molecule has 0 saturated carbocycles. The molecule has 0 atom stereocenters.